The largest absolute Gasteiger partial charge is 0.350 e. The normalized spacial score (nSPS) is 12.2. The first-order valence-corrected chi connectivity index (χ1v) is 10.9. The number of fused-ring (bicyclic) bond motifs is 1. The van der Waals surface area contributed by atoms with Crippen molar-refractivity contribution in [1.82, 2.24) is 25.1 Å². The van der Waals surface area contributed by atoms with Crippen molar-refractivity contribution in [3.63, 3.8) is 0 Å². The van der Waals surface area contributed by atoms with Gasteiger partial charge in [0.15, 0.2) is 10.8 Å². The number of carbonyl (C=O) groups is 1. The smallest absolute Gasteiger partial charge is 0.262 e. The molecule has 0 aliphatic rings. The number of thiophene rings is 1. The molecule has 0 saturated heterocycles. The van der Waals surface area contributed by atoms with Crippen molar-refractivity contribution in [3.8, 4) is 5.69 Å². The lowest BCUT2D eigenvalue weighted by Gasteiger charge is -2.11. The van der Waals surface area contributed by atoms with Crippen molar-refractivity contribution < 1.29 is 4.79 Å². The van der Waals surface area contributed by atoms with Crippen LogP contribution < -0.4 is 10.9 Å². The summed E-state index contributed by atoms with van der Waals surface area (Å²) >= 11 is 8.84. The van der Waals surface area contributed by atoms with Crippen LogP contribution >= 0.6 is 34.7 Å². The number of hydrogen-bond acceptors (Lipinski definition) is 6. The zero-order valence-corrected chi connectivity index (χ0v) is 17.6. The van der Waals surface area contributed by atoms with Crippen molar-refractivity contribution in [2.24, 2.45) is 0 Å². The van der Waals surface area contributed by atoms with Crippen LogP contribution in [0, 0.1) is 0 Å². The average Bonchev–Trinajstić information content (AvgIpc) is 3.36. The number of rotatable bonds is 6. The molecule has 7 nitrogen and oxygen atoms in total. The number of aromatic amines is 1. The maximum Gasteiger partial charge on any atom is 0.262 e. The van der Waals surface area contributed by atoms with Crippen LogP contribution in [0.25, 0.3) is 16.7 Å². The molecule has 0 saturated carbocycles. The highest BCUT2D eigenvalue weighted by molar-refractivity contribution is 8.00. The number of aromatic nitrogens is 4. The number of benzene rings is 1. The zero-order valence-electron chi connectivity index (χ0n) is 15.3. The van der Waals surface area contributed by atoms with Crippen molar-refractivity contribution in [3.05, 3.63) is 68.2 Å². The summed E-state index contributed by atoms with van der Waals surface area (Å²) in [4.78, 5) is 33.2. The van der Waals surface area contributed by atoms with Gasteiger partial charge in [0.05, 0.1) is 23.7 Å². The van der Waals surface area contributed by atoms with Crippen molar-refractivity contribution >= 4 is 51.6 Å². The van der Waals surface area contributed by atoms with Crippen LogP contribution in [0.2, 0.25) is 5.02 Å². The molecule has 3 aromatic heterocycles. The number of amides is 1. The second-order valence-electron chi connectivity index (χ2n) is 6.20. The number of H-pyrrole nitrogens is 1. The van der Waals surface area contributed by atoms with Crippen LogP contribution in [-0.4, -0.2) is 30.9 Å². The van der Waals surface area contributed by atoms with Crippen LogP contribution in [0.1, 0.15) is 11.8 Å². The topological polar surface area (TPSA) is 92.7 Å². The molecule has 0 aliphatic heterocycles. The van der Waals surface area contributed by atoms with Gasteiger partial charge < -0.3 is 10.3 Å². The van der Waals surface area contributed by atoms with Crippen LogP contribution in [0.3, 0.4) is 0 Å². The molecule has 1 atom stereocenters. The van der Waals surface area contributed by atoms with Crippen molar-refractivity contribution in [2.75, 3.05) is 0 Å². The molecule has 10 heteroatoms. The van der Waals surface area contributed by atoms with Gasteiger partial charge in [0, 0.05) is 9.90 Å². The van der Waals surface area contributed by atoms with E-state index in [0.29, 0.717) is 33.4 Å². The highest BCUT2D eigenvalue weighted by atomic mass is 35.5. The molecule has 4 aromatic rings. The Morgan fingerprint density at radius 2 is 2.24 bits per heavy atom. The number of nitrogens with zero attached hydrogens (tertiary/aromatic N) is 3. The second-order valence-corrected chi connectivity index (χ2v) is 9.00. The highest BCUT2D eigenvalue weighted by Gasteiger charge is 2.18. The van der Waals surface area contributed by atoms with Gasteiger partial charge in [0.2, 0.25) is 5.91 Å². The van der Waals surface area contributed by atoms with E-state index < -0.39 is 5.25 Å². The summed E-state index contributed by atoms with van der Waals surface area (Å²) < 4.78 is 1.56. The minimum Gasteiger partial charge on any atom is -0.350 e. The number of thioether (sulfide) groups is 1. The van der Waals surface area contributed by atoms with E-state index in [-0.39, 0.29) is 11.5 Å². The third kappa shape index (κ3) is 4.36. The molecule has 0 bridgehead atoms. The van der Waals surface area contributed by atoms with Crippen LogP contribution in [0.15, 0.2) is 57.9 Å². The Labute approximate surface area is 179 Å². The first-order chi connectivity index (χ1) is 14.0. The number of halogens is 1. The van der Waals surface area contributed by atoms with Crippen LogP contribution in [0.4, 0.5) is 0 Å². The molecular formula is C19H16ClN5O2S2. The lowest BCUT2D eigenvalue weighted by atomic mass is 10.3. The summed E-state index contributed by atoms with van der Waals surface area (Å²) in [6, 6.07) is 11.0. The van der Waals surface area contributed by atoms with E-state index >= 15 is 0 Å². The van der Waals surface area contributed by atoms with Gasteiger partial charge in [0.1, 0.15) is 5.39 Å². The molecule has 29 heavy (non-hydrogen) atoms. The molecule has 148 valence electrons. The Bertz CT molecular complexity index is 1220. The number of hydrogen-bond donors (Lipinski definition) is 2. The van der Waals surface area contributed by atoms with Gasteiger partial charge in [-0.25, -0.2) is 9.67 Å². The lowest BCUT2D eigenvalue weighted by molar-refractivity contribution is -0.120. The minimum absolute atomic E-state index is 0.130. The van der Waals surface area contributed by atoms with Gasteiger partial charge in [-0.05, 0) is 36.6 Å². The van der Waals surface area contributed by atoms with E-state index in [4.69, 9.17) is 11.6 Å². The van der Waals surface area contributed by atoms with Gasteiger partial charge in [-0.2, -0.15) is 5.10 Å². The summed E-state index contributed by atoms with van der Waals surface area (Å²) in [6.45, 7) is 2.25. The van der Waals surface area contributed by atoms with Crippen molar-refractivity contribution in [1.29, 1.82) is 0 Å². The molecule has 4 rings (SSSR count). The average molecular weight is 446 g/mol. The Balaban J connectivity index is 1.57. The monoisotopic (exact) mass is 445 g/mol. The molecule has 0 unspecified atom stereocenters. The van der Waals surface area contributed by atoms with E-state index in [1.165, 1.54) is 18.0 Å². The van der Waals surface area contributed by atoms with Gasteiger partial charge in [0.25, 0.3) is 5.56 Å². The molecular weight excluding hydrogens is 430 g/mol. The molecule has 1 amide bonds. The van der Waals surface area contributed by atoms with Crippen molar-refractivity contribution in [2.45, 2.75) is 23.9 Å². The summed E-state index contributed by atoms with van der Waals surface area (Å²) in [7, 11) is 0. The molecule has 0 radical (unpaired) electrons. The highest BCUT2D eigenvalue weighted by Crippen LogP contribution is 2.22. The summed E-state index contributed by atoms with van der Waals surface area (Å²) in [5.41, 5.74) is 0.796. The quantitative estimate of drug-likeness (QED) is 0.349. The fourth-order valence-corrected chi connectivity index (χ4v) is 4.35. The predicted octanol–water partition coefficient (Wildman–Crippen LogP) is 3.62. The van der Waals surface area contributed by atoms with E-state index in [2.05, 4.69) is 20.4 Å². The molecule has 1 aromatic carbocycles. The Hall–Kier alpha value is -2.62. The molecule has 0 aliphatic carbocycles. The number of nitrogens with one attached hydrogen (secondary N) is 2. The molecule has 2 N–H and O–H groups in total. The van der Waals surface area contributed by atoms with Gasteiger partial charge in [-0.3, -0.25) is 9.59 Å². The molecule has 3 heterocycles. The second kappa shape index (κ2) is 8.40. The Kier molecular flexibility index (Phi) is 5.70. The van der Waals surface area contributed by atoms with E-state index in [1.54, 1.807) is 41.1 Å². The fraction of sp³-hybridized carbons (Fsp3) is 0.158. The standard InChI is InChI=1S/C19H16ClN5O2S2/c1-11(17(26)21-9-14-6-3-7-28-14)29-19-23-16-15(18(27)24-19)10-22-25(16)13-5-2-4-12(20)8-13/h2-8,10-11H,9H2,1H3,(H,21,26)(H,23,24,27)/t11-/m0/s1. The molecule has 0 fully saturated rings. The Morgan fingerprint density at radius 3 is 3.00 bits per heavy atom. The van der Waals surface area contributed by atoms with Crippen LogP contribution in [-0.2, 0) is 11.3 Å². The van der Waals surface area contributed by atoms with Gasteiger partial charge in [-0.1, -0.05) is 35.5 Å². The lowest BCUT2D eigenvalue weighted by Crippen LogP contribution is -2.30. The zero-order chi connectivity index (χ0) is 20.4. The first kappa shape index (κ1) is 19.7. The Morgan fingerprint density at radius 1 is 1.38 bits per heavy atom. The predicted molar refractivity (Wildman–Crippen MR) is 116 cm³/mol. The third-order valence-electron chi connectivity index (χ3n) is 4.14. The molecule has 0 spiro atoms. The van der Waals surface area contributed by atoms with Gasteiger partial charge in [-0.15, -0.1) is 11.3 Å². The van der Waals surface area contributed by atoms with Crippen LogP contribution in [0.5, 0.6) is 0 Å². The summed E-state index contributed by atoms with van der Waals surface area (Å²) in [5, 5.41) is 9.97. The van der Waals surface area contributed by atoms with Gasteiger partial charge >= 0.3 is 0 Å². The van der Waals surface area contributed by atoms with E-state index in [0.717, 1.165) is 4.88 Å². The minimum atomic E-state index is -0.432. The first-order valence-electron chi connectivity index (χ1n) is 8.72. The number of carbonyl (C=O) groups excluding carboxylic acids is 1. The summed E-state index contributed by atoms with van der Waals surface area (Å²) in [6.07, 6.45) is 1.47. The SMILES string of the molecule is C[C@H](Sc1nc2c(cnn2-c2cccc(Cl)c2)c(=O)[nH]1)C(=O)NCc1cccs1. The fourth-order valence-electron chi connectivity index (χ4n) is 2.70. The van der Waals surface area contributed by atoms with E-state index in [1.807, 2.05) is 23.6 Å². The third-order valence-corrected chi connectivity index (χ3v) is 6.24. The maximum absolute atomic E-state index is 12.5. The maximum atomic E-state index is 12.5. The van der Waals surface area contributed by atoms with E-state index in [9.17, 15) is 9.59 Å². The summed E-state index contributed by atoms with van der Waals surface area (Å²) in [5.74, 6) is -0.130.